The summed E-state index contributed by atoms with van der Waals surface area (Å²) in [6.07, 6.45) is 0.719. The van der Waals surface area contributed by atoms with Gasteiger partial charge in [0.1, 0.15) is 5.75 Å². The smallest absolute Gasteiger partial charge is 0.306 e. The van der Waals surface area contributed by atoms with E-state index in [-0.39, 0.29) is 5.92 Å². The van der Waals surface area contributed by atoms with Gasteiger partial charge in [-0.3, -0.25) is 4.79 Å². The molecule has 0 bridgehead atoms. The van der Waals surface area contributed by atoms with Crippen LogP contribution in [0.3, 0.4) is 0 Å². The van der Waals surface area contributed by atoms with Gasteiger partial charge in [-0.2, -0.15) is 0 Å². The predicted octanol–water partition coefficient (Wildman–Crippen LogP) is 5.67. The molecule has 1 aromatic heterocycles. The molecule has 1 N–H and O–H groups in total. The SMILES string of the molecule is COc1ccc2c(c1)c(CC(C)C(C)C(=O)O)c(C)n2Cc1ccc(Br)cc1. The fraction of sp³-hybridized carbons (Fsp3) is 0.348. The molecule has 1 heterocycles. The second-order valence-electron chi connectivity index (χ2n) is 7.47. The minimum Gasteiger partial charge on any atom is -0.497 e. The monoisotopic (exact) mass is 443 g/mol. The number of carboxylic acid groups (broad SMARTS) is 1. The molecule has 148 valence electrons. The zero-order valence-corrected chi connectivity index (χ0v) is 18.3. The molecule has 5 heteroatoms. The van der Waals surface area contributed by atoms with Gasteiger partial charge in [0.15, 0.2) is 0 Å². The van der Waals surface area contributed by atoms with E-state index in [0.29, 0.717) is 0 Å². The van der Waals surface area contributed by atoms with Crippen LogP contribution in [0.1, 0.15) is 30.7 Å². The normalized spacial score (nSPS) is 13.5. The Balaban J connectivity index is 2.07. The van der Waals surface area contributed by atoms with E-state index in [1.165, 1.54) is 16.8 Å². The second-order valence-corrected chi connectivity index (χ2v) is 8.38. The fourth-order valence-electron chi connectivity index (χ4n) is 3.63. The molecule has 0 aliphatic heterocycles. The summed E-state index contributed by atoms with van der Waals surface area (Å²) in [6.45, 7) is 6.68. The summed E-state index contributed by atoms with van der Waals surface area (Å²) >= 11 is 3.49. The molecule has 2 aromatic carbocycles. The lowest BCUT2D eigenvalue weighted by atomic mass is 9.89. The number of carbonyl (C=O) groups is 1. The number of hydrogen-bond acceptors (Lipinski definition) is 2. The van der Waals surface area contributed by atoms with Crippen molar-refractivity contribution in [3.63, 3.8) is 0 Å². The third-order valence-corrected chi connectivity index (χ3v) is 6.21. The Morgan fingerprint density at radius 3 is 2.46 bits per heavy atom. The highest BCUT2D eigenvalue weighted by molar-refractivity contribution is 9.10. The molecule has 2 atom stereocenters. The van der Waals surface area contributed by atoms with Crippen molar-refractivity contribution in [2.75, 3.05) is 7.11 Å². The first-order valence-corrected chi connectivity index (χ1v) is 10.2. The van der Waals surface area contributed by atoms with Crippen LogP contribution in [-0.4, -0.2) is 22.8 Å². The third kappa shape index (κ3) is 4.09. The Kier molecular flexibility index (Phi) is 6.14. The molecule has 0 aliphatic carbocycles. The summed E-state index contributed by atoms with van der Waals surface area (Å²) < 4.78 is 8.81. The van der Waals surface area contributed by atoms with Gasteiger partial charge in [-0.25, -0.2) is 0 Å². The second kappa shape index (κ2) is 8.39. The molecule has 0 spiro atoms. The van der Waals surface area contributed by atoms with Gasteiger partial charge >= 0.3 is 5.97 Å². The minimum absolute atomic E-state index is 0.0362. The molecule has 28 heavy (non-hydrogen) atoms. The maximum absolute atomic E-state index is 11.4. The number of nitrogens with zero attached hydrogens (tertiary/aromatic N) is 1. The number of aromatic nitrogens is 1. The molecule has 0 radical (unpaired) electrons. The Morgan fingerprint density at radius 2 is 1.86 bits per heavy atom. The molecule has 2 unspecified atom stereocenters. The molecule has 0 amide bonds. The molecule has 0 fully saturated rings. The quantitative estimate of drug-likeness (QED) is 0.511. The summed E-state index contributed by atoms with van der Waals surface area (Å²) in [4.78, 5) is 11.4. The summed E-state index contributed by atoms with van der Waals surface area (Å²) in [6, 6.07) is 14.5. The summed E-state index contributed by atoms with van der Waals surface area (Å²) in [7, 11) is 1.67. The van der Waals surface area contributed by atoms with Crippen LogP contribution in [0.4, 0.5) is 0 Å². The largest absolute Gasteiger partial charge is 0.497 e. The molecule has 4 nitrogen and oxygen atoms in total. The lowest BCUT2D eigenvalue weighted by Crippen LogP contribution is -2.20. The number of methoxy groups -OCH3 is 1. The van der Waals surface area contributed by atoms with E-state index in [0.717, 1.165) is 34.1 Å². The average molecular weight is 444 g/mol. The number of ether oxygens (including phenoxy) is 1. The lowest BCUT2D eigenvalue weighted by Gasteiger charge is -2.16. The van der Waals surface area contributed by atoms with Crippen LogP contribution in [-0.2, 0) is 17.8 Å². The molecular weight excluding hydrogens is 418 g/mol. The van der Waals surface area contributed by atoms with E-state index in [2.05, 4.69) is 63.8 Å². The van der Waals surface area contributed by atoms with E-state index >= 15 is 0 Å². The molecule has 0 saturated heterocycles. The number of halogens is 1. The van der Waals surface area contributed by atoms with Crippen molar-refractivity contribution in [3.8, 4) is 5.75 Å². The predicted molar refractivity (Wildman–Crippen MR) is 116 cm³/mol. The topological polar surface area (TPSA) is 51.5 Å². The van der Waals surface area contributed by atoms with E-state index in [4.69, 9.17) is 4.74 Å². The number of hydrogen-bond donors (Lipinski definition) is 1. The van der Waals surface area contributed by atoms with Gasteiger partial charge in [0.05, 0.1) is 13.0 Å². The Hall–Kier alpha value is -2.27. The standard InChI is InChI=1S/C23H26BrNO3/c1-14(15(2)23(26)27)11-20-16(3)25(13-17-5-7-18(24)8-6-17)22-10-9-19(28-4)12-21(20)22/h5-10,12,14-15H,11,13H2,1-4H3,(H,26,27). The van der Waals surface area contributed by atoms with Crippen molar-refractivity contribution >= 4 is 32.8 Å². The first-order valence-electron chi connectivity index (χ1n) is 9.44. The first-order chi connectivity index (χ1) is 13.3. The maximum atomic E-state index is 11.4. The number of rotatable bonds is 7. The summed E-state index contributed by atoms with van der Waals surface area (Å²) in [5.41, 5.74) is 4.74. The molecule has 3 aromatic rings. The number of aliphatic carboxylic acids is 1. The van der Waals surface area contributed by atoms with Crippen molar-refractivity contribution in [3.05, 3.63) is 63.8 Å². The van der Waals surface area contributed by atoms with Crippen molar-refractivity contribution in [1.29, 1.82) is 0 Å². The number of benzene rings is 2. The highest BCUT2D eigenvalue weighted by Crippen LogP contribution is 2.33. The summed E-state index contributed by atoms with van der Waals surface area (Å²) in [5.74, 6) is -0.293. The average Bonchev–Trinajstić information content (AvgIpc) is 2.93. The zero-order valence-electron chi connectivity index (χ0n) is 16.7. The molecule has 0 saturated carbocycles. The summed E-state index contributed by atoms with van der Waals surface area (Å²) in [5, 5.41) is 10.5. The van der Waals surface area contributed by atoms with Crippen molar-refractivity contribution < 1.29 is 14.6 Å². The van der Waals surface area contributed by atoms with Crippen molar-refractivity contribution in [2.45, 2.75) is 33.7 Å². The highest BCUT2D eigenvalue weighted by atomic mass is 79.9. The molecule has 3 rings (SSSR count). The van der Waals surface area contributed by atoms with Crippen LogP contribution in [0.2, 0.25) is 0 Å². The third-order valence-electron chi connectivity index (χ3n) is 5.68. The van der Waals surface area contributed by atoms with Gasteiger partial charge in [-0.1, -0.05) is 41.9 Å². The van der Waals surface area contributed by atoms with Gasteiger partial charge in [0.2, 0.25) is 0 Å². The van der Waals surface area contributed by atoms with Gasteiger partial charge in [0.25, 0.3) is 0 Å². The zero-order chi connectivity index (χ0) is 20.4. The fourth-order valence-corrected chi connectivity index (χ4v) is 3.90. The molecule has 0 aliphatic rings. The Morgan fingerprint density at radius 1 is 1.18 bits per heavy atom. The number of fused-ring (bicyclic) bond motifs is 1. The first kappa shape index (κ1) is 20.5. The van der Waals surface area contributed by atoms with Gasteiger partial charge in [0, 0.05) is 27.6 Å². The van der Waals surface area contributed by atoms with E-state index in [1.807, 2.05) is 13.0 Å². The minimum atomic E-state index is -0.749. The van der Waals surface area contributed by atoms with Gasteiger partial charge in [-0.15, -0.1) is 0 Å². The van der Waals surface area contributed by atoms with Crippen LogP contribution in [0.25, 0.3) is 10.9 Å². The molecular formula is C23H26BrNO3. The van der Waals surface area contributed by atoms with Crippen LogP contribution < -0.4 is 4.74 Å². The lowest BCUT2D eigenvalue weighted by molar-refractivity contribution is -0.142. The highest BCUT2D eigenvalue weighted by Gasteiger charge is 2.23. The van der Waals surface area contributed by atoms with Crippen LogP contribution in [0.15, 0.2) is 46.9 Å². The van der Waals surface area contributed by atoms with E-state index in [1.54, 1.807) is 14.0 Å². The number of carboxylic acids is 1. The van der Waals surface area contributed by atoms with Crippen LogP contribution in [0, 0.1) is 18.8 Å². The van der Waals surface area contributed by atoms with E-state index < -0.39 is 11.9 Å². The van der Waals surface area contributed by atoms with Gasteiger partial charge in [-0.05, 0) is 60.7 Å². The van der Waals surface area contributed by atoms with Crippen LogP contribution in [0.5, 0.6) is 5.75 Å². The van der Waals surface area contributed by atoms with Crippen molar-refractivity contribution in [1.82, 2.24) is 4.57 Å². The Labute approximate surface area is 174 Å². The van der Waals surface area contributed by atoms with Gasteiger partial charge < -0.3 is 14.4 Å². The Bertz CT molecular complexity index is 991. The van der Waals surface area contributed by atoms with Crippen molar-refractivity contribution in [2.24, 2.45) is 11.8 Å². The van der Waals surface area contributed by atoms with E-state index in [9.17, 15) is 9.90 Å². The maximum Gasteiger partial charge on any atom is 0.306 e. The van der Waals surface area contributed by atoms with Crippen LogP contribution >= 0.6 is 15.9 Å².